The van der Waals surface area contributed by atoms with Crippen molar-refractivity contribution in [1.82, 2.24) is 0 Å². The number of nitrogens with two attached hydrogens (primary N) is 1. The summed E-state index contributed by atoms with van der Waals surface area (Å²) in [6.07, 6.45) is 0.775. The van der Waals surface area contributed by atoms with Gasteiger partial charge >= 0.3 is 0 Å². The second-order valence-electron chi connectivity index (χ2n) is 4.80. The van der Waals surface area contributed by atoms with Gasteiger partial charge in [-0.25, -0.2) is 4.39 Å². The Morgan fingerprint density at radius 1 is 1.25 bits per heavy atom. The minimum atomic E-state index is -0.362. The Morgan fingerprint density at radius 2 is 2.10 bits per heavy atom. The number of hydrogen-bond donors (Lipinski definition) is 1. The first-order valence-electron chi connectivity index (χ1n) is 6.61. The Hall–Kier alpha value is -2.07. The van der Waals surface area contributed by atoms with Crippen LogP contribution < -0.4 is 10.5 Å². The summed E-state index contributed by atoms with van der Waals surface area (Å²) in [6.45, 7) is 0.994. The van der Waals surface area contributed by atoms with E-state index in [0.717, 1.165) is 12.0 Å². The van der Waals surface area contributed by atoms with Crippen molar-refractivity contribution < 1.29 is 13.9 Å². The van der Waals surface area contributed by atoms with Gasteiger partial charge in [-0.3, -0.25) is 0 Å². The fraction of sp³-hybridized carbons (Fsp3) is 0.250. The van der Waals surface area contributed by atoms with Gasteiger partial charge in [0.2, 0.25) is 0 Å². The van der Waals surface area contributed by atoms with E-state index >= 15 is 0 Å². The van der Waals surface area contributed by atoms with Crippen molar-refractivity contribution in [3.63, 3.8) is 0 Å². The first-order valence-corrected chi connectivity index (χ1v) is 6.61. The van der Waals surface area contributed by atoms with E-state index in [-0.39, 0.29) is 11.9 Å². The molecule has 1 unspecified atom stereocenters. The largest absolute Gasteiger partial charge is 0.488 e. The van der Waals surface area contributed by atoms with E-state index in [2.05, 4.69) is 6.07 Å². The molecule has 3 nitrogen and oxygen atoms in total. The van der Waals surface area contributed by atoms with Crippen molar-refractivity contribution in [1.29, 1.82) is 0 Å². The van der Waals surface area contributed by atoms with Crippen molar-refractivity contribution in [3.05, 3.63) is 59.4 Å². The summed E-state index contributed by atoms with van der Waals surface area (Å²) in [6, 6.07) is 12.3. The van der Waals surface area contributed by atoms with E-state index in [1.165, 1.54) is 23.8 Å². The molecule has 0 amide bonds. The highest BCUT2D eigenvalue weighted by Gasteiger charge is 2.21. The molecule has 2 aromatic rings. The highest BCUT2D eigenvalue weighted by atomic mass is 19.1. The zero-order valence-electron chi connectivity index (χ0n) is 11.0. The molecule has 20 heavy (non-hydrogen) atoms. The molecule has 1 aliphatic heterocycles. The molecule has 0 saturated carbocycles. The van der Waals surface area contributed by atoms with E-state index in [9.17, 15) is 4.39 Å². The Kier molecular flexibility index (Phi) is 3.56. The van der Waals surface area contributed by atoms with Crippen molar-refractivity contribution in [2.75, 3.05) is 18.9 Å². The first kappa shape index (κ1) is 12.9. The van der Waals surface area contributed by atoms with Crippen LogP contribution in [0.5, 0.6) is 5.75 Å². The maximum Gasteiger partial charge on any atom is 0.145 e. The zero-order valence-corrected chi connectivity index (χ0v) is 11.0. The van der Waals surface area contributed by atoms with Gasteiger partial charge in [0.1, 0.15) is 24.3 Å². The maximum atomic E-state index is 13.2. The summed E-state index contributed by atoms with van der Waals surface area (Å²) < 4.78 is 24.5. The lowest BCUT2D eigenvalue weighted by molar-refractivity contribution is 0.0103. The van der Waals surface area contributed by atoms with Crippen molar-refractivity contribution in [2.24, 2.45) is 0 Å². The lowest BCUT2D eigenvalue weighted by Crippen LogP contribution is -2.21. The van der Waals surface area contributed by atoms with Gasteiger partial charge in [0.25, 0.3) is 0 Å². The van der Waals surface area contributed by atoms with Crippen LogP contribution in [-0.2, 0) is 11.2 Å². The molecule has 0 aliphatic carbocycles. The maximum absolute atomic E-state index is 13.2. The Labute approximate surface area is 117 Å². The van der Waals surface area contributed by atoms with E-state index in [0.29, 0.717) is 24.7 Å². The van der Waals surface area contributed by atoms with Crippen LogP contribution in [0.4, 0.5) is 10.1 Å². The smallest absolute Gasteiger partial charge is 0.145 e. The predicted octanol–water partition coefficient (Wildman–Crippen LogP) is 3.10. The minimum absolute atomic E-state index is 0.136. The predicted molar refractivity (Wildman–Crippen MR) is 75.1 cm³/mol. The molecule has 2 N–H and O–H groups in total. The van der Waals surface area contributed by atoms with Crippen LogP contribution in [0.3, 0.4) is 0 Å². The number of benzene rings is 2. The van der Waals surface area contributed by atoms with Gasteiger partial charge in [-0.2, -0.15) is 0 Å². The monoisotopic (exact) mass is 273 g/mol. The van der Waals surface area contributed by atoms with Crippen LogP contribution in [0, 0.1) is 5.82 Å². The van der Waals surface area contributed by atoms with Crippen LogP contribution >= 0.6 is 0 Å². The van der Waals surface area contributed by atoms with Crippen LogP contribution in [0.1, 0.15) is 17.2 Å². The summed E-state index contributed by atoms with van der Waals surface area (Å²) >= 11 is 0. The number of fused-ring (bicyclic) bond motifs is 1. The molecule has 0 saturated heterocycles. The summed E-state index contributed by atoms with van der Waals surface area (Å²) in [5, 5.41) is 0. The Bertz CT molecular complexity index is 615. The number of rotatable bonds is 3. The molecule has 2 aromatic carbocycles. The standard InChI is InChI=1S/C16H16FNO2/c17-12-5-6-14(18)15(9-12)20-10-16-13-4-2-1-3-11(13)7-8-19-16/h1-6,9,16H,7-8,10,18H2. The summed E-state index contributed by atoms with van der Waals surface area (Å²) in [4.78, 5) is 0. The number of anilines is 1. The molecule has 104 valence electrons. The number of halogens is 1. The molecule has 1 atom stereocenters. The third-order valence-electron chi connectivity index (χ3n) is 3.46. The Balaban J connectivity index is 1.75. The van der Waals surface area contributed by atoms with Gasteiger partial charge in [0.05, 0.1) is 12.3 Å². The second-order valence-corrected chi connectivity index (χ2v) is 4.80. The molecule has 4 heteroatoms. The highest BCUT2D eigenvalue weighted by Crippen LogP contribution is 2.29. The average Bonchev–Trinajstić information content (AvgIpc) is 2.48. The van der Waals surface area contributed by atoms with Crippen LogP contribution in [0.25, 0.3) is 0 Å². The molecule has 0 aromatic heterocycles. The van der Waals surface area contributed by atoms with E-state index in [1.54, 1.807) is 0 Å². The van der Waals surface area contributed by atoms with Crippen molar-refractivity contribution in [3.8, 4) is 5.75 Å². The molecule has 0 radical (unpaired) electrons. The van der Waals surface area contributed by atoms with Crippen LogP contribution in [-0.4, -0.2) is 13.2 Å². The molecule has 1 heterocycles. The molecular weight excluding hydrogens is 257 g/mol. The van der Waals surface area contributed by atoms with Gasteiger partial charge in [0.15, 0.2) is 0 Å². The normalized spacial score (nSPS) is 17.6. The second kappa shape index (κ2) is 5.51. The van der Waals surface area contributed by atoms with Gasteiger partial charge in [0, 0.05) is 6.07 Å². The van der Waals surface area contributed by atoms with Crippen molar-refractivity contribution >= 4 is 5.69 Å². The highest BCUT2D eigenvalue weighted by molar-refractivity contribution is 5.52. The van der Waals surface area contributed by atoms with Crippen LogP contribution in [0.2, 0.25) is 0 Å². The van der Waals surface area contributed by atoms with Gasteiger partial charge in [-0.15, -0.1) is 0 Å². The molecule has 1 aliphatic rings. The number of ether oxygens (including phenoxy) is 2. The minimum Gasteiger partial charge on any atom is -0.488 e. The zero-order chi connectivity index (χ0) is 13.9. The quantitative estimate of drug-likeness (QED) is 0.874. The van der Waals surface area contributed by atoms with E-state index in [1.807, 2.05) is 18.2 Å². The summed E-state index contributed by atoms with van der Waals surface area (Å²) in [5.41, 5.74) is 8.60. The van der Waals surface area contributed by atoms with Crippen molar-refractivity contribution in [2.45, 2.75) is 12.5 Å². The van der Waals surface area contributed by atoms with Crippen LogP contribution in [0.15, 0.2) is 42.5 Å². The lowest BCUT2D eigenvalue weighted by Gasteiger charge is -2.26. The van der Waals surface area contributed by atoms with Gasteiger partial charge < -0.3 is 15.2 Å². The number of nitrogen functional groups attached to an aromatic ring is 1. The number of hydrogen-bond acceptors (Lipinski definition) is 3. The third-order valence-corrected chi connectivity index (χ3v) is 3.46. The van der Waals surface area contributed by atoms with E-state index < -0.39 is 0 Å². The van der Waals surface area contributed by atoms with E-state index in [4.69, 9.17) is 15.2 Å². The first-order chi connectivity index (χ1) is 9.74. The molecular formula is C16H16FNO2. The molecule has 0 spiro atoms. The molecule has 0 fully saturated rings. The van der Waals surface area contributed by atoms with Gasteiger partial charge in [-0.1, -0.05) is 24.3 Å². The third kappa shape index (κ3) is 2.60. The molecule has 0 bridgehead atoms. The average molecular weight is 273 g/mol. The Morgan fingerprint density at radius 3 is 3.00 bits per heavy atom. The molecule has 3 rings (SSSR count). The fourth-order valence-corrected chi connectivity index (χ4v) is 2.41. The topological polar surface area (TPSA) is 44.5 Å². The fourth-order valence-electron chi connectivity index (χ4n) is 2.41. The lowest BCUT2D eigenvalue weighted by atomic mass is 9.98. The summed E-state index contributed by atoms with van der Waals surface area (Å²) in [7, 11) is 0. The SMILES string of the molecule is Nc1ccc(F)cc1OCC1OCCc2ccccc21. The van der Waals surface area contributed by atoms with Gasteiger partial charge in [-0.05, 0) is 29.7 Å². The summed E-state index contributed by atoms with van der Waals surface area (Å²) in [5.74, 6) is -0.00387.